The fourth-order valence-electron chi connectivity index (χ4n) is 3.58. The van der Waals surface area contributed by atoms with Crippen LogP contribution in [-0.2, 0) is 11.3 Å². The lowest BCUT2D eigenvalue weighted by Gasteiger charge is -2.11. The SMILES string of the molecule is COc1ccc(CNC(=O)NCCNC(=O)c2ccc(NC(=O)C3CCCC3)cc2)cc1. The largest absolute Gasteiger partial charge is 0.497 e. The normalized spacial score (nSPS) is 13.3. The average molecular weight is 439 g/mol. The summed E-state index contributed by atoms with van der Waals surface area (Å²) in [6.07, 6.45) is 4.10. The van der Waals surface area contributed by atoms with E-state index in [4.69, 9.17) is 4.74 Å². The average Bonchev–Trinajstić information content (AvgIpc) is 3.36. The fourth-order valence-corrected chi connectivity index (χ4v) is 3.58. The molecule has 1 fully saturated rings. The minimum absolute atomic E-state index is 0.0519. The number of benzene rings is 2. The van der Waals surface area contributed by atoms with E-state index >= 15 is 0 Å². The maximum absolute atomic E-state index is 12.3. The van der Waals surface area contributed by atoms with Gasteiger partial charge in [0.05, 0.1) is 7.11 Å². The van der Waals surface area contributed by atoms with Crippen molar-refractivity contribution in [2.75, 3.05) is 25.5 Å². The predicted octanol–water partition coefficient (Wildman–Crippen LogP) is 3.05. The van der Waals surface area contributed by atoms with E-state index in [-0.39, 0.29) is 23.8 Å². The van der Waals surface area contributed by atoms with Crippen LogP contribution in [0.15, 0.2) is 48.5 Å². The maximum atomic E-state index is 12.3. The van der Waals surface area contributed by atoms with E-state index in [0.717, 1.165) is 37.0 Å². The Morgan fingerprint density at radius 3 is 2.19 bits per heavy atom. The number of amides is 4. The molecule has 0 atom stereocenters. The molecule has 2 aromatic rings. The number of hydrogen-bond acceptors (Lipinski definition) is 4. The number of anilines is 1. The number of ether oxygens (including phenoxy) is 1. The molecule has 1 aliphatic carbocycles. The minimum atomic E-state index is -0.308. The Hall–Kier alpha value is -3.55. The molecule has 170 valence electrons. The van der Waals surface area contributed by atoms with Crippen molar-refractivity contribution in [1.29, 1.82) is 0 Å². The highest BCUT2D eigenvalue weighted by Gasteiger charge is 2.22. The Balaban J connectivity index is 1.32. The molecule has 1 saturated carbocycles. The molecule has 0 spiro atoms. The summed E-state index contributed by atoms with van der Waals surface area (Å²) in [5, 5.41) is 11.1. The number of carbonyl (C=O) groups excluding carboxylic acids is 3. The number of nitrogens with one attached hydrogen (secondary N) is 4. The third kappa shape index (κ3) is 7.01. The first kappa shape index (κ1) is 23.1. The summed E-state index contributed by atoms with van der Waals surface area (Å²) in [4.78, 5) is 36.3. The second-order valence-corrected chi connectivity index (χ2v) is 7.76. The molecular formula is C24H30N4O4. The van der Waals surface area contributed by atoms with Gasteiger partial charge in [-0.15, -0.1) is 0 Å². The van der Waals surface area contributed by atoms with Crippen LogP contribution in [0.1, 0.15) is 41.6 Å². The lowest BCUT2D eigenvalue weighted by Crippen LogP contribution is -2.40. The number of rotatable bonds is 9. The molecular weight excluding hydrogens is 408 g/mol. The summed E-state index contributed by atoms with van der Waals surface area (Å²) in [7, 11) is 1.60. The molecule has 8 heteroatoms. The molecule has 2 aromatic carbocycles. The van der Waals surface area contributed by atoms with Crippen LogP contribution in [0.2, 0.25) is 0 Å². The molecule has 0 bridgehead atoms. The minimum Gasteiger partial charge on any atom is -0.497 e. The molecule has 4 N–H and O–H groups in total. The summed E-state index contributed by atoms with van der Waals surface area (Å²) in [6, 6.07) is 13.9. The van der Waals surface area contributed by atoms with Crippen molar-refractivity contribution in [1.82, 2.24) is 16.0 Å². The van der Waals surface area contributed by atoms with Gasteiger partial charge in [0.1, 0.15) is 5.75 Å². The highest BCUT2D eigenvalue weighted by Crippen LogP contribution is 2.26. The summed E-state index contributed by atoms with van der Waals surface area (Å²) >= 11 is 0. The molecule has 0 aromatic heterocycles. The van der Waals surface area contributed by atoms with Crippen molar-refractivity contribution in [3.8, 4) is 5.75 Å². The van der Waals surface area contributed by atoms with Crippen molar-refractivity contribution in [3.05, 3.63) is 59.7 Å². The van der Waals surface area contributed by atoms with Crippen LogP contribution in [-0.4, -0.2) is 38.0 Å². The third-order valence-corrected chi connectivity index (χ3v) is 5.45. The predicted molar refractivity (Wildman–Crippen MR) is 123 cm³/mol. The molecule has 8 nitrogen and oxygen atoms in total. The van der Waals surface area contributed by atoms with E-state index < -0.39 is 0 Å². The van der Waals surface area contributed by atoms with E-state index in [2.05, 4.69) is 21.3 Å². The van der Waals surface area contributed by atoms with Gasteiger partial charge in [0.25, 0.3) is 5.91 Å². The van der Waals surface area contributed by atoms with Crippen LogP contribution in [0.4, 0.5) is 10.5 Å². The molecule has 0 saturated heterocycles. The zero-order valence-electron chi connectivity index (χ0n) is 18.3. The molecule has 0 aliphatic heterocycles. The highest BCUT2D eigenvalue weighted by atomic mass is 16.5. The van der Waals surface area contributed by atoms with Crippen LogP contribution < -0.4 is 26.0 Å². The van der Waals surface area contributed by atoms with Crippen LogP contribution in [0, 0.1) is 5.92 Å². The van der Waals surface area contributed by atoms with Crippen molar-refractivity contribution in [2.24, 2.45) is 5.92 Å². The van der Waals surface area contributed by atoms with Gasteiger partial charge >= 0.3 is 6.03 Å². The maximum Gasteiger partial charge on any atom is 0.315 e. The van der Waals surface area contributed by atoms with Gasteiger partial charge in [-0.3, -0.25) is 9.59 Å². The first-order chi connectivity index (χ1) is 15.5. The lowest BCUT2D eigenvalue weighted by molar-refractivity contribution is -0.119. The summed E-state index contributed by atoms with van der Waals surface area (Å²) < 4.78 is 5.10. The molecule has 1 aliphatic rings. The number of methoxy groups -OCH3 is 1. The Kier molecular flexibility index (Phi) is 8.48. The Morgan fingerprint density at radius 2 is 1.53 bits per heavy atom. The van der Waals surface area contributed by atoms with Gasteiger partial charge in [-0.05, 0) is 54.8 Å². The van der Waals surface area contributed by atoms with Crippen molar-refractivity contribution in [2.45, 2.75) is 32.2 Å². The van der Waals surface area contributed by atoms with E-state index in [1.165, 1.54) is 0 Å². The number of urea groups is 1. The second kappa shape index (κ2) is 11.7. The summed E-state index contributed by atoms with van der Waals surface area (Å²) in [5.41, 5.74) is 2.14. The highest BCUT2D eigenvalue weighted by molar-refractivity contribution is 5.96. The second-order valence-electron chi connectivity index (χ2n) is 7.76. The Bertz CT molecular complexity index is 907. The van der Waals surface area contributed by atoms with Crippen LogP contribution in [0.5, 0.6) is 5.75 Å². The topological polar surface area (TPSA) is 109 Å². The van der Waals surface area contributed by atoms with Gasteiger partial charge in [0.15, 0.2) is 0 Å². The molecule has 4 amide bonds. The Morgan fingerprint density at radius 1 is 0.875 bits per heavy atom. The molecule has 32 heavy (non-hydrogen) atoms. The fraction of sp³-hybridized carbons (Fsp3) is 0.375. The quantitative estimate of drug-likeness (QED) is 0.451. The van der Waals surface area contributed by atoms with Crippen LogP contribution >= 0.6 is 0 Å². The summed E-state index contributed by atoms with van der Waals surface area (Å²) in [6.45, 7) is 0.997. The van der Waals surface area contributed by atoms with Crippen LogP contribution in [0.25, 0.3) is 0 Å². The zero-order chi connectivity index (χ0) is 22.8. The smallest absolute Gasteiger partial charge is 0.315 e. The Labute approximate surface area is 188 Å². The van der Waals surface area contributed by atoms with Gasteiger partial charge < -0.3 is 26.0 Å². The van der Waals surface area contributed by atoms with Crippen molar-refractivity contribution < 1.29 is 19.1 Å². The van der Waals surface area contributed by atoms with Gasteiger partial charge in [0.2, 0.25) is 5.91 Å². The molecule has 3 rings (SSSR count). The van der Waals surface area contributed by atoms with E-state index in [0.29, 0.717) is 30.9 Å². The first-order valence-corrected chi connectivity index (χ1v) is 10.9. The molecule has 0 unspecified atom stereocenters. The van der Waals surface area contributed by atoms with Gasteiger partial charge in [0, 0.05) is 36.8 Å². The standard InChI is InChI=1S/C24H30N4O4/c1-32-21-12-6-17(7-13-21)16-27-24(31)26-15-14-25-22(29)19-8-10-20(11-9-19)28-23(30)18-4-2-3-5-18/h6-13,18H,2-5,14-16H2,1H3,(H,25,29)(H,28,30)(H2,26,27,31). The van der Waals surface area contributed by atoms with Crippen molar-refractivity contribution in [3.63, 3.8) is 0 Å². The number of hydrogen-bond donors (Lipinski definition) is 4. The van der Waals surface area contributed by atoms with Gasteiger partial charge in [-0.1, -0.05) is 25.0 Å². The first-order valence-electron chi connectivity index (χ1n) is 10.9. The molecule has 0 radical (unpaired) electrons. The molecule has 0 heterocycles. The summed E-state index contributed by atoms with van der Waals surface area (Å²) in [5.74, 6) is 0.673. The monoisotopic (exact) mass is 438 g/mol. The zero-order valence-corrected chi connectivity index (χ0v) is 18.3. The van der Waals surface area contributed by atoms with E-state index in [1.54, 1.807) is 31.4 Å². The lowest BCUT2D eigenvalue weighted by atomic mass is 10.1. The van der Waals surface area contributed by atoms with Crippen molar-refractivity contribution >= 4 is 23.5 Å². The van der Waals surface area contributed by atoms with Gasteiger partial charge in [-0.25, -0.2) is 4.79 Å². The van der Waals surface area contributed by atoms with Crippen LogP contribution in [0.3, 0.4) is 0 Å². The number of carbonyl (C=O) groups is 3. The van der Waals surface area contributed by atoms with E-state index in [1.807, 2.05) is 24.3 Å². The van der Waals surface area contributed by atoms with Gasteiger partial charge in [-0.2, -0.15) is 0 Å². The van der Waals surface area contributed by atoms with E-state index in [9.17, 15) is 14.4 Å². The third-order valence-electron chi connectivity index (χ3n) is 5.45.